The zero-order valence-corrected chi connectivity index (χ0v) is 16.0. The molecule has 1 amide bonds. The molecule has 1 fully saturated rings. The molecule has 4 nitrogen and oxygen atoms in total. The fraction of sp³-hybridized carbons (Fsp3) is 0.733. The Kier molecular flexibility index (Phi) is 9.55. The molecule has 0 saturated carbocycles. The highest BCUT2D eigenvalue weighted by molar-refractivity contribution is 7.13. The number of aromatic nitrogens is 1. The lowest BCUT2D eigenvalue weighted by Crippen LogP contribution is -2.45. The molecule has 22 heavy (non-hydrogen) atoms. The number of halogens is 2. The molecule has 1 saturated heterocycles. The Labute approximate surface area is 149 Å². The van der Waals surface area contributed by atoms with Gasteiger partial charge in [-0.2, -0.15) is 0 Å². The summed E-state index contributed by atoms with van der Waals surface area (Å²) in [7, 11) is 0. The largest absolute Gasteiger partial charge is 0.338 e. The van der Waals surface area contributed by atoms with Crippen LogP contribution in [0.1, 0.15) is 53.5 Å². The van der Waals surface area contributed by atoms with Gasteiger partial charge in [0.1, 0.15) is 4.88 Å². The van der Waals surface area contributed by atoms with Crippen molar-refractivity contribution in [2.24, 2.45) is 11.7 Å². The normalized spacial score (nSPS) is 19.1. The van der Waals surface area contributed by atoms with E-state index in [0.29, 0.717) is 5.92 Å². The zero-order valence-electron chi connectivity index (χ0n) is 13.5. The zero-order chi connectivity index (χ0) is 14.7. The first kappa shape index (κ1) is 21.6. The molecule has 2 N–H and O–H groups in total. The Morgan fingerprint density at radius 1 is 1.50 bits per heavy atom. The molecule has 0 radical (unpaired) electrons. The maximum atomic E-state index is 12.7. The molecule has 2 unspecified atom stereocenters. The number of carbonyl (C=O) groups excluding carboxylic acids is 1. The summed E-state index contributed by atoms with van der Waals surface area (Å²) in [6.45, 7) is 7.75. The Hall–Kier alpha value is -0.360. The first-order valence-corrected chi connectivity index (χ1v) is 8.35. The molecule has 128 valence electrons. The Bertz CT molecular complexity index is 479. The van der Waals surface area contributed by atoms with Crippen molar-refractivity contribution in [1.82, 2.24) is 9.88 Å². The van der Waals surface area contributed by atoms with Crippen LogP contribution >= 0.6 is 36.2 Å². The van der Waals surface area contributed by atoms with E-state index < -0.39 is 0 Å². The van der Waals surface area contributed by atoms with Crippen LogP contribution in [0.4, 0.5) is 0 Å². The standard InChI is InChI=1S/C15H25N3OS.2ClH/c1-4-6-13-17-11(3)14(20-13)15(19)18-8-5-7-12(9-18)10(2)16;;/h10,12H,4-9,16H2,1-3H3;2*1H. The van der Waals surface area contributed by atoms with Gasteiger partial charge in [0.25, 0.3) is 5.91 Å². The van der Waals surface area contributed by atoms with E-state index in [-0.39, 0.29) is 36.8 Å². The van der Waals surface area contributed by atoms with Gasteiger partial charge in [-0.05, 0) is 45.4 Å². The average Bonchev–Trinajstić information content (AvgIpc) is 2.79. The van der Waals surface area contributed by atoms with Crippen LogP contribution in [0.2, 0.25) is 0 Å². The van der Waals surface area contributed by atoms with Crippen molar-refractivity contribution >= 4 is 42.1 Å². The second kappa shape index (κ2) is 9.71. The van der Waals surface area contributed by atoms with Crippen LogP contribution in [0.3, 0.4) is 0 Å². The topological polar surface area (TPSA) is 59.2 Å². The molecule has 2 atom stereocenters. The van der Waals surface area contributed by atoms with Crippen molar-refractivity contribution < 1.29 is 4.79 Å². The molecule has 0 aromatic carbocycles. The van der Waals surface area contributed by atoms with E-state index in [0.717, 1.165) is 54.4 Å². The molecule has 0 aliphatic carbocycles. The lowest BCUT2D eigenvalue weighted by molar-refractivity contribution is 0.0665. The highest BCUT2D eigenvalue weighted by Crippen LogP contribution is 2.25. The highest BCUT2D eigenvalue weighted by atomic mass is 35.5. The predicted octanol–water partition coefficient (Wildman–Crippen LogP) is 3.45. The van der Waals surface area contributed by atoms with Gasteiger partial charge >= 0.3 is 0 Å². The van der Waals surface area contributed by atoms with Crippen LogP contribution in [-0.4, -0.2) is 34.9 Å². The Balaban J connectivity index is 0.00000220. The number of piperidine rings is 1. The quantitative estimate of drug-likeness (QED) is 0.886. The lowest BCUT2D eigenvalue weighted by Gasteiger charge is -2.34. The Morgan fingerprint density at radius 2 is 2.18 bits per heavy atom. The first-order valence-electron chi connectivity index (χ1n) is 7.54. The highest BCUT2D eigenvalue weighted by Gasteiger charge is 2.28. The summed E-state index contributed by atoms with van der Waals surface area (Å²) in [5, 5.41) is 1.08. The van der Waals surface area contributed by atoms with E-state index in [2.05, 4.69) is 11.9 Å². The second-order valence-electron chi connectivity index (χ2n) is 5.78. The molecular weight excluding hydrogens is 341 g/mol. The average molecular weight is 368 g/mol. The minimum Gasteiger partial charge on any atom is -0.338 e. The third kappa shape index (κ3) is 5.08. The molecule has 1 aliphatic heterocycles. The predicted molar refractivity (Wildman–Crippen MR) is 97.6 cm³/mol. The van der Waals surface area contributed by atoms with Gasteiger partial charge in [-0.15, -0.1) is 36.2 Å². The van der Waals surface area contributed by atoms with Crippen molar-refractivity contribution in [3.05, 3.63) is 15.6 Å². The summed E-state index contributed by atoms with van der Waals surface area (Å²) in [5.41, 5.74) is 6.87. The summed E-state index contributed by atoms with van der Waals surface area (Å²) < 4.78 is 0. The summed E-state index contributed by atoms with van der Waals surface area (Å²) >= 11 is 1.56. The van der Waals surface area contributed by atoms with Crippen LogP contribution in [0, 0.1) is 12.8 Å². The number of hydrogen-bond donors (Lipinski definition) is 1. The lowest BCUT2D eigenvalue weighted by atomic mass is 9.92. The van der Waals surface area contributed by atoms with Gasteiger partial charge in [-0.25, -0.2) is 4.98 Å². The maximum absolute atomic E-state index is 12.7. The molecule has 0 bridgehead atoms. The van der Waals surface area contributed by atoms with Gasteiger partial charge in [0.2, 0.25) is 0 Å². The minimum atomic E-state index is 0. The number of nitrogens with two attached hydrogens (primary N) is 1. The third-order valence-corrected chi connectivity index (χ3v) is 5.19. The smallest absolute Gasteiger partial charge is 0.265 e. The van der Waals surface area contributed by atoms with Gasteiger partial charge in [0, 0.05) is 19.1 Å². The molecule has 1 aromatic rings. The van der Waals surface area contributed by atoms with Gasteiger partial charge in [-0.3, -0.25) is 4.79 Å². The number of aryl methyl sites for hydroxylation is 2. The summed E-state index contributed by atoms with van der Waals surface area (Å²) in [6, 6.07) is 0.156. The number of thiazole rings is 1. The molecule has 7 heteroatoms. The molecule has 1 aliphatic rings. The Morgan fingerprint density at radius 3 is 2.77 bits per heavy atom. The first-order chi connectivity index (χ1) is 9.52. The van der Waals surface area contributed by atoms with E-state index in [9.17, 15) is 4.79 Å². The summed E-state index contributed by atoms with van der Waals surface area (Å²) in [5.74, 6) is 0.573. The van der Waals surface area contributed by atoms with E-state index in [1.807, 2.05) is 18.7 Å². The maximum Gasteiger partial charge on any atom is 0.265 e. The van der Waals surface area contributed by atoms with Crippen LogP contribution in [-0.2, 0) is 6.42 Å². The molecule has 0 spiro atoms. The van der Waals surface area contributed by atoms with Crippen molar-refractivity contribution in [1.29, 1.82) is 0 Å². The van der Waals surface area contributed by atoms with Crippen LogP contribution < -0.4 is 5.73 Å². The van der Waals surface area contributed by atoms with Crippen molar-refractivity contribution in [2.45, 2.75) is 52.5 Å². The van der Waals surface area contributed by atoms with Crippen LogP contribution in [0.15, 0.2) is 0 Å². The van der Waals surface area contributed by atoms with Crippen molar-refractivity contribution in [3.63, 3.8) is 0 Å². The fourth-order valence-electron chi connectivity index (χ4n) is 2.74. The van der Waals surface area contributed by atoms with Gasteiger partial charge in [0.05, 0.1) is 10.7 Å². The van der Waals surface area contributed by atoms with Gasteiger partial charge in [-0.1, -0.05) is 6.92 Å². The molecule has 2 rings (SSSR count). The van der Waals surface area contributed by atoms with E-state index in [1.165, 1.54) is 0 Å². The summed E-state index contributed by atoms with van der Waals surface area (Å²) in [4.78, 5) is 20.0. The molecule has 2 heterocycles. The summed E-state index contributed by atoms with van der Waals surface area (Å²) in [6.07, 6.45) is 4.21. The number of likely N-dealkylation sites (tertiary alicyclic amines) is 1. The van der Waals surface area contributed by atoms with Crippen molar-refractivity contribution in [2.75, 3.05) is 13.1 Å². The van der Waals surface area contributed by atoms with E-state index >= 15 is 0 Å². The van der Waals surface area contributed by atoms with Gasteiger partial charge < -0.3 is 10.6 Å². The van der Waals surface area contributed by atoms with Crippen LogP contribution in [0.5, 0.6) is 0 Å². The third-order valence-electron chi connectivity index (χ3n) is 3.99. The number of hydrogen-bond acceptors (Lipinski definition) is 4. The number of carbonyl (C=O) groups is 1. The minimum absolute atomic E-state index is 0. The SMILES string of the molecule is CCCc1nc(C)c(C(=O)N2CCCC(C(C)N)C2)s1.Cl.Cl. The van der Waals surface area contributed by atoms with E-state index in [4.69, 9.17) is 5.73 Å². The van der Waals surface area contributed by atoms with Crippen molar-refractivity contribution in [3.8, 4) is 0 Å². The van der Waals surface area contributed by atoms with E-state index in [1.54, 1.807) is 11.3 Å². The fourth-order valence-corrected chi connectivity index (χ4v) is 3.87. The monoisotopic (exact) mass is 367 g/mol. The van der Waals surface area contributed by atoms with Gasteiger partial charge in [0.15, 0.2) is 0 Å². The molecular formula is C15H27Cl2N3OS. The number of nitrogens with zero attached hydrogens (tertiary/aromatic N) is 2. The second-order valence-corrected chi connectivity index (χ2v) is 6.87. The van der Waals surface area contributed by atoms with Crippen LogP contribution in [0.25, 0.3) is 0 Å². The number of amides is 1. The number of rotatable bonds is 4. The molecule has 1 aromatic heterocycles.